The molecule has 4 N–H and O–H groups in total. The van der Waals surface area contributed by atoms with Gasteiger partial charge in [0.05, 0.1) is 11.4 Å². The second-order valence-corrected chi connectivity index (χ2v) is 5.49. The lowest BCUT2D eigenvalue weighted by Crippen LogP contribution is -2.39. The van der Waals surface area contributed by atoms with Crippen LogP contribution in [0.25, 0.3) is 0 Å². The van der Waals surface area contributed by atoms with Gasteiger partial charge >= 0.3 is 0 Å². The van der Waals surface area contributed by atoms with Gasteiger partial charge in [-0.25, -0.2) is 0 Å². The van der Waals surface area contributed by atoms with Crippen LogP contribution in [0.3, 0.4) is 0 Å². The first-order chi connectivity index (χ1) is 8.47. The minimum atomic E-state index is -0.436. The lowest BCUT2D eigenvalue weighted by molar-refractivity contribution is 0.100. The minimum absolute atomic E-state index is 0.436. The topological polar surface area (TPSA) is 72.3 Å². The average molecular weight is 247 g/mol. The molecule has 1 aromatic rings. The number of benzene rings is 1. The van der Waals surface area contributed by atoms with Crippen molar-refractivity contribution in [3.63, 3.8) is 0 Å². The molecule has 0 spiro atoms. The Morgan fingerprint density at radius 1 is 1.28 bits per heavy atom. The number of nitrogen functional groups attached to an aromatic ring is 1. The van der Waals surface area contributed by atoms with E-state index in [0.717, 1.165) is 18.8 Å². The molecule has 0 aromatic heterocycles. The summed E-state index contributed by atoms with van der Waals surface area (Å²) in [5, 5.41) is 0. The maximum absolute atomic E-state index is 11.1. The molecule has 0 bridgehead atoms. The Kier molecular flexibility index (Phi) is 3.45. The van der Waals surface area contributed by atoms with Gasteiger partial charge < -0.3 is 16.4 Å². The van der Waals surface area contributed by atoms with Gasteiger partial charge in [0.15, 0.2) is 0 Å². The molecule has 1 aliphatic rings. The average Bonchev–Trinajstić information content (AvgIpc) is 2.27. The van der Waals surface area contributed by atoms with E-state index in [1.165, 1.54) is 6.42 Å². The highest BCUT2D eigenvalue weighted by molar-refractivity contribution is 5.94. The van der Waals surface area contributed by atoms with Crippen LogP contribution in [0.2, 0.25) is 0 Å². The van der Waals surface area contributed by atoms with Crippen LogP contribution < -0.4 is 16.4 Å². The molecule has 0 saturated carbocycles. The predicted molar refractivity (Wildman–Crippen MR) is 74.5 cm³/mol. The van der Waals surface area contributed by atoms with E-state index in [9.17, 15) is 4.79 Å². The zero-order chi connectivity index (χ0) is 13.3. The number of anilines is 2. The molecule has 1 saturated heterocycles. The maximum atomic E-state index is 11.1. The molecule has 1 aromatic carbocycles. The lowest BCUT2D eigenvalue weighted by Gasteiger charge is -2.37. The summed E-state index contributed by atoms with van der Waals surface area (Å²) in [7, 11) is 0. The Morgan fingerprint density at radius 2 is 1.89 bits per heavy atom. The first-order valence-corrected chi connectivity index (χ1v) is 6.41. The third kappa shape index (κ3) is 2.58. The van der Waals surface area contributed by atoms with Gasteiger partial charge in [0.2, 0.25) is 5.91 Å². The first-order valence-electron chi connectivity index (χ1n) is 6.41. The Labute approximate surface area is 108 Å². The zero-order valence-corrected chi connectivity index (χ0v) is 11.0. The molecule has 2 rings (SSSR count). The minimum Gasteiger partial charge on any atom is -0.397 e. The number of carbonyl (C=O) groups excluding carboxylic acids is 1. The van der Waals surface area contributed by atoms with Crippen LogP contribution in [0.1, 0.15) is 30.6 Å². The van der Waals surface area contributed by atoms with Gasteiger partial charge in [-0.15, -0.1) is 0 Å². The van der Waals surface area contributed by atoms with E-state index in [1.807, 2.05) is 6.07 Å². The SMILES string of the molecule is C[C@H]1C[C@H](C)CN(c2ccc(C(N)=O)cc2N)C1. The highest BCUT2D eigenvalue weighted by atomic mass is 16.1. The van der Waals surface area contributed by atoms with E-state index in [-0.39, 0.29) is 0 Å². The number of primary amides is 1. The number of hydrogen-bond acceptors (Lipinski definition) is 3. The molecule has 1 fully saturated rings. The summed E-state index contributed by atoms with van der Waals surface area (Å²) in [6, 6.07) is 5.32. The number of amides is 1. The molecular formula is C14H21N3O. The van der Waals surface area contributed by atoms with Crippen molar-refractivity contribution in [2.45, 2.75) is 20.3 Å². The summed E-state index contributed by atoms with van der Waals surface area (Å²) in [5.74, 6) is 0.904. The van der Waals surface area contributed by atoms with E-state index in [4.69, 9.17) is 11.5 Å². The van der Waals surface area contributed by atoms with E-state index in [2.05, 4.69) is 18.7 Å². The molecule has 18 heavy (non-hydrogen) atoms. The first kappa shape index (κ1) is 12.7. The molecule has 1 aliphatic heterocycles. The number of carbonyl (C=O) groups is 1. The van der Waals surface area contributed by atoms with Gasteiger partial charge in [-0.3, -0.25) is 4.79 Å². The lowest BCUT2D eigenvalue weighted by atomic mass is 9.91. The van der Waals surface area contributed by atoms with E-state index < -0.39 is 5.91 Å². The summed E-state index contributed by atoms with van der Waals surface area (Å²) in [6.07, 6.45) is 1.26. The maximum Gasteiger partial charge on any atom is 0.248 e. The molecule has 98 valence electrons. The van der Waals surface area contributed by atoms with Gasteiger partial charge in [-0.2, -0.15) is 0 Å². The van der Waals surface area contributed by atoms with Gasteiger partial charge in [-0.05, 0) is 36.5 Å². The van der Waals surface area contributed by atoms with Crippen molar-refractivity contribution in [3.8, 4) is 0 Å². The van der Waals surface area contributed by atoms with E-state index in [0.29, 0.717) is 23.1 Å². The highest BCUT2D eigenvalue weighted by Crippen LogP contribution is 2.30. The summed E-state index contributed by atoms with van der Waals surface area (Å²) >= 11 is 0. The van der Waals surface area contributed by atoms with Gasteiger partial charge in [0, 0.05) is 18.7 Å². The third-order valence-corrected chi connectivity index (χ3v) is 3.52. The second kappa shape index (κ2) is 4.88. The number of rotatable bonds is 2. The Bertz CT molecular complexity index is 448. The van der Waals surface area contributed by atoms with Crippen molar-refractivity contribution in [1.82, 2.24) is 0 Å². The molecule has 0 unspecified atom stereocenters. The quantitative estimate of drug-likeness (QED) is 0.783. The number of nitrogens with zero attached hydrogens (tertiary/aromatic N) is 1. The van der Waals surface area contributed by atoms with Crippen LogP contribution in [-0.4, -0.2) is 19.0 Å². The fourth-order valence-electron chi connectivity index (χ4n) is 2.86. The molecule has 2 atom stereocenters. The normalized spacial score (nSPS) is 24.0. The molecule has 4 nitrogen and oxygen atoms in total. The summed E-state index contributed by atoms with van der Waals surface area (Å²) in [5.41, 5.74) is 13.4. The Morgan fingerprint density at radius 3 is 2.39 bits per heavy atom. The number of hydrogen-bond donors (Lipinski definition) is 2. The molecular weight excluding hydrogens is 226 g/mol. The van der Waals surface area contributed by atoms with Gasteiger partial charge in [0.25, 0.3) is 0 Å². The van der Waals surface area contributed by atoms with Crippen molar-refractivity contribution in [3.05, 3.63) is 23.8 Å². The molecule has 4 heteroatoms. The number of piperidine rings is 1. The molecule has 1 heterocycles. The van der Waals surface area contributed by atoms with Crippen molar-refractivity contribution in [2.24, 2.45) is 17.6 Å². The van der Waals surface area contributed by atoms with Gasteiger partial charge in [0.1, 0.15) is 0 Å². The van der Waals surface area contributed by atoms with Crippen molar-refractivity contribution in [1.29, 1.82) is 0 Å². The molecule has 0 radical (unpaired) electrons. The van der Waals surface area contributed by atoms with Crippen molar-refractivity contribution >= 4 is 17.3 Å². The third-order valence-electron chi connectivity index (χ3n) is 3.52. The van der Waals surface area contributed by atoms with Crippen LogP contribution in [0.15, 0.2) is 18.2 Å². The van der Waals surface area contributed by atoms with Crippen LogP contribution in [0, 0.1) is 11.8 Å². The predicted octanol–water partition coefficient (Wildman–Crippen LogP) is 1.85. The summed E-state index contributed by atoms with van der Waals surface area (Å²) in [6.45, 7) is 6.56. The monoisotopic (exact) mass is 247 g/mol. The van der Waals surface area contributed by atoms with E-state index in [1.54, 1.807) is 12.1 Å². The molecule has 0 aliphatic carbocycles. The number of nitrogens with two attached hydrogens (primary N) is 2. The fraction of sp³-hybridized carbons (Fsp3) is 0.500. The smallest absolute Gasteiger partial charge is 0.248 e. The van der Waals surface area contributed by atoms with Crippen LogP contribution >= 0.6 is 0 Å². The second-order valence-electron chi connectivity index (χ2n) is 5.49. The van der Waals surface area contributed by atoms with Crippen molar-refractivity contribution < 1.29 is 4.79 Å². The molecule has 1 amide bonds. The summed E-state index contributed by atoms with van der Waals surface area (Å²) < 4.78 is 0. The van der Waals surface area contributed by atoms with E-state index >= 15 is 0 Å². The van der Waals surface area contributed by atoms with Crippen LogP contribution in [0.4, 0.5) is 11.4 Å². The standard InChI is InChI=1S/C14H21N3O/c1-9-5-10(2)8-17(7-9)13-4-3-11(14(16)18)6-12(13)15/h3-4,6,9-10H,5,7-8,15H2,1-2H3,(H2,16,18)/t9-,10-/m0/s1. The largest absolute Gasteiger partial charge is 0.397 e. The van der Waals surface area contributed by atoms with Crippen LogP contribution in [0.5, 0.6) is 0 Å². The zero-order valence-electron chi connectivity index (χ0n) is 11.0. The Hall–Kier alpha value is -1.71. The van der Waals surface area contributed by atoms with Gasteiger partial charge in [-0.1, -0.05) is 13.8 Å². The summed E-state index contributed by atoms with van der Waals surface area (Å²) in [4.78, 5) is 13.4. The van der Waals surface area contributed by atoms with Crippen LogP contribution in [-0.2, 0) is 0 Å². The highest BCUT2D eigenvalue weighted by Gasteiger charge is 2.23. The fourth-order valence-corrected chi connectivity index (χ4v) is 2.86. The Balaban J connectivity index is 2.25. The van der Waals surface area contributed by atoms with Crippen molar-refractivity contribution in [2.75, 3.05) is 23.7 Å².